The van der Waals surface area contributed by atoms with Gasteiger partial charge in [-0.25, -0.2) is 0 Å². The molecule has 0 amide bonds. The summed E-state index contributed by atoms with van der Waals surface area (Å²) >= 11 is 0. The fourth-order valence-electron chi connectivity index (χ4n) is 2.24. The third-order valence-electron chi connectivity index (χ3n) is 3.17. The average Bonchev–Trinajstić information content (AvgIpc) is 2.37. The van der Waals surface area contributed by atoms with Gasteiger partial charge in [0.05, 0.1) is 0 Å². The lowest BCUT2D eigenvalue weighted by Crippen LogP contribution is -2.18. The van der Waals surface area contributed by atoms with Crippen LogP contribution in [0.3, 0.4) is 0 Å². The molecule has 0 spiro atoms. The number of benzene rings is 1. The minimum Gasteiger partial charge on any atom is -0.486 e. The zero-order valence-electron chi connectivity index (χ0n) is 11.0. The van der Waals surface area contributed by atoms with Crippen LogP contribution >= 0.6 is 0 Å². The normalized spacial score (nSPS) is 16.7. The second-order valence-corrected chi connectivity index (χ2v) is 4.95. The summed E-state index contributed by atoms with van der Waals surface area (Å²) in [6.07, 6.45) is 0.768. The Balaban J connectivity index is 2.02. The van der Waals surface area contributed by atoms with Crippen molar-refractivity contribution >= 4 is 5.97 Å². The lowest BCUT2D eigenvalue weighted by Gasteiger charge is -2.21. The lowest BCUT2D eigenvalue weighted by atomic mass is 9.94. The van der Waals surface area contributed by atoms with E-state index in [0.29, 0.717) is 25.4 Å². The SMILES string of the molecule is CC(CC(=O)O)CC(N)c1ccc2c(c1)OCCO2. The van der Waals surface area contributed by atoms with Gasteiger partial charge in [0.15, 0.2) is 11.5 Å². The molecule has 1 aromatic rings. The molecule has 2 rings (SSSR count). The van der Waals surface area contributed by atoms with E-state index in [1.165, 1.54) is 0 Å². The van der Waals surface area contributed by atoms with Crippen molar-refractivity contribution in [3.05, 3.63) is 23.8 Å². The van der Waals surface area contributed by atoms with Gasteiger partial charge in [0.1, 0.15) is 13.2 Å². The zero-order valence-corrected chi connectivity index (χ0v) is 11.0. The van der Waals surface area contributed by atoms with E-state index in [0.717, 1.165) is 11.3 Å². The molecule has 0 fully saturated rings. The largest absolute Gasteiger partial charge is 0.486 e. The number of rotatable bonds is 5. The number of ether oxygens (including phenoxy) is 2. The minimum absolute atomic E-state index is 0.0423. The van der Waals surface area contributed by atoms with Gasteiger partial charge in [0, 0.05) is 12.5 Å². The maximum Gasteiger partial charge on any atom is 0.303 e. The van der Waals surface area contributed by atoms with Gasteiger partial charge in [0.25, 0.3) is 0 Å². The lowest BCUT2D eigenvalue weighted by molar-refractivity contribution is -0.138. The van der Waals surface area contributed by atoms with Crippen molar-refractivity contribution < 1.29 is 19.4 Å². The summed E-state index contributed by atoms with van der Waals surface area (Å²) in [4.78, 5) is 10.6. The van der Waals surface area contributed by atoms with Crippen molar-refractivity contribution in [2.75, 3.05) is 13.2 Å². The molecule has 0 aromatic heterocycles. The maximum atomic E-state index is 10.6. The van der Waals surface area contributed by atoms with Crippen LogP contribution < -0.4 is 15.2 Å². The van der Waals surface area contributed by atoms with E-state index >= 15 is 0 Å². The average molecular weight is 265 g/mol. The molecule has 0 radical (unpaired) electrons. The fraction of sp³-hybridized carbons (Fsp3) is 0.500. The van der Waals surface area contributed by atoms with Crippen LogP contribution in [0.2, 0.25) is 0 Å². The molecule has 0 saturated heterocycles. The van der Waals surface area contributed by atoms with Crippen LogP contribution in [0.4, 0.5) is 0 Å². The first-order chi connectivity index (χ1) is 9.06. The number of hydrogen-bond acceptors (Lipinski definition) is 4. The summed E-state index contributed by atoms with van der Waals surface area (Å²) in [5, 5.41) is 8.75. The topological polar surface area (TPSA) is 81.8 Å². The third kappa shape index (κ3) is 3.61. The van der Waals surface area contributed by atoms with Gasteiger partial charge >= 0.3 is 5.97 Å². The van der Waals surface area contributed by atoms with E-state index in [1.54, 1.807) is 0 Å². The van der Waals surface area contributed by atoms with Crippen LogP contribution in [-0.2, 0) is 4.79 Å². The molecule has 1 aliphatic heterocycles. The van der Waals surface area contributed by atoms with Crippen molar-refractivity contribution in [2.24, 2.45) is 11.7 Å². The van der Waals surface area contributed by atoms with Crippen LogP contribution in [0.15, 0.2) is 18.2 Å². The van der Waals surface area contributed by atoms with E-state index < -0.39 is 5.97 Å². The molecule has 1 aliphatic rings. The van der Waals surface area contributed by atoms with Crippen LogP contribution in [-0.4, -0.2) is 24.3 Å². The first-order valence-corrected chi connectivity index (χ1v) is 6.43. The quantitative estimate of drug-likeness (QED) is 0.850. The Morgan fingerprint density at radius 3 is 2.74 bits per heavy atom. The summed E-state index contributed by atoms with van der Waals surface area (Å²) in [7, 11) is 0. The highest BCUT2D eigenvalue weighted by atomic mass is 16.6. The standard InChI is InChI=1S/C14H19NO4/c1-9(7-14(16)17)6-11(15)10-2-3-12-13(8-10)19-5-4-18-12/h2-3,8-9,11H,4-7,15H2,1H3,(H,16,17). The Kier molecular flexibility index (Phi) is 4.27. The molecule has 5 nitrogen and oxygen atoms in total. The Hall–Kier alpha value is -1.75. The Bertz CT molecular complexity index is 461. The predicted molar refractivity (Wildman–Crippen MR) is 70.4 cm³/mol. The molecule has 5 heteroatoms. The predicted octanol–water partition coefficient (Wildman–Crippen LogP) is 1.96. The van der Waals surface area contributed by atoms with Gasteiger partial charge in [-0.15, -0.1) is 0 Å². The summed E-state index contributed by atoms with van der Waals surface area (Å²) in [5.41, 5.74) is 7.06. The van der Waals surface area contributed by atoms with E-state index in [2.05, 4.69) is 0 Å². The monoisotopic (exact) mass is 265 g/mol. The molecule has 0 aliphatic carbocycles. The molecule has 1 aromatic carbocycles. The second kappa shape index (κ2) is 5.93. The van der Waals surface area contributed by atoms with E-state index in [4.69, 9.17) is 20.3 Å². The van der Waals surface area contributed by atoms with Crippen LogP contribution in [0.25, 0.3) is 0 Å². The summed E-state index contributed by atoms with van der Waals surface area (Å²) in [6, 6.07) is 5.45. The number of carboxylic acids is 1. The highest BCUT2D eigenvalue weighted by Crippen LogP contribution is 2.33. The fourth-order valence-corrected chi connectivity index (χ4v) is 2.24. The van der Waals surface area contributed by atoms with Crippen molar-refractivity contribution in [1.29, 1.82) is 0 Å². The van der Waals surface area contributed by atoms with Crippen LogP contribution in [0, 0.1) is 5.92 Å². The van der Waals surface area contributed by atoms with Crippen molar-refractivity contribution in [1.82, 2.24) is 0 Å². The van der Waals surface area contributed by atoms with Gasteiger partial charge in [-0.2, -0.15) is 0 Å². The van der Waals surface area contributed by atoms with Gasteiger partial charge < -0.3 is 20.3 Å². The number of hydrogen-bond donors (Lipinski definition) is 2. The van der Waals surface area contributed by atoms with Crippen LogP contribution in [0.5, 0.6) is 11.5 Å². The Labute approximate surface area is 112 Å². The van der Waals surface area contributed by atoms with Crippen molar-refractivity contribution in [3.8, 4) is 11.5 Å². The van der Waals surface area contributed by atoms with Gasteiger partial charge in [-0.1, -0.05) is 13.0 Å². The maximum absolute atomic E-state index is 10.6. The Morgan fingerprint density at radius 1 is 1.37 bits per heavy atom. The molecule has 2 atom stereocenters. The minimum atomic E-state index is -0.790. The highest BCUT2D eigenvalue weighted by Gasteiger charge is 2.17. The number of aliphatic carboxylic acids is 1. The molecule has 2 unspecified atom stereocenters. The smallest absolute Gasteiger partial charge is 0.303 e. The Morgan fingerprint density at radius 2 is 2.05 bits per heavy atom. The number of nitrogens with two attached hydrogens (primary N) is 1. The van der Waals surface area contributed by atoms with E-state index in [9.17, 15) is 4.79 Å². The molecule has 3 N–H and O–H groups in total. The summed E-state index contributed by atoms with van der Waals surface area (Å²) in [5.74, 6) is 0.702. The highest BCUT2D eigenvalue weighted by molar-refractivity contribution is 5.66. The first-order valence-electron chi connectivity index (χ1n) is 6.43. The van der Waals surface area contributed by atoms with Crippen molar-refractivity contribution in [3.63, 3.8) is 0 Å². The molecule has 1 heterocycles. The zero-order chi connectivity index (χ0) is 13.8. The number of carbonyl (C=O) groups is 1. The molecule has 104 valence electrons. The third-order valence-corrected chi connectivity index (χ3v) is 3.17. The van der Waals surface area contributed by atoms with Gasteiger partial charge in [-0.3, -0.25) is 4.79 Å². The van der Waals surface area contributed by atoms with Gasteiger partial charge in [-0.05, 0) is 30.0 Å². The van der Waals surface area contributed by atoms with Gasteiger partial charge in [0.2, 0.25) is 0 Å². The molecule has 0 bridgehead atoms. The summed E-state index contributed by atoms with van der Waals surface area (Å²) in [6.45, 7) is 3.00. The molecule has 19 heavy (non-hydrogen) atoms. The second-order valence-electron chi connectivity index (χ2n) is 4.95. The first kappa shape index (κ1) is 13.7. The number of fused-ring (bicyclic) bond motifs is 1. The molecular formula is C14H19NO4. The van der Waals surface area contributed by atoms with Crippen molar-refractivity contribution in [2.45, 2.75) is 25.8 Å². The van der Waals surface area contributed by atoms with E-state index in [-0.39, 0.29) is 18.4 Å². The molecule has 0 saturated carbocycles. The number of carboxylic acid groups (broad SMARTS) is 1. The van der Waals surface area contributed by atoms with E-state index in [1.807, 2.05) is 25.1 Å². The summed E-state index contributed by atoms with van der Waals surface area (Å²) < 4.78 is 11.0. The van der Waals surface area contributed by atoms with Crippen LogP contribution in [0.1, 0.15) is 31.4 Å². The molecular weight excluding hydrogens is 246 g/mol.